The number of nitrogens with zero attached hydrogens (tertiary/aromatic N) is 1. The zero-order valence-corrected chi connectivity index (χ0v) is 23.2. The molecule has 8 heteroatoms. The standard InChI is InChI=1S/C31H29Cl2NO5/c1-21(2)39-29(30(35)34-26(20-38-31(34)36)17-23-8-4-3-5-9-23)18-24-11-6-10-22(16-24)12-7-15-37-28-14-13-25(32)19-27(28)33/h3-6,8-11,13-14,16,19,21,26,29H,15,17-18,20H2,1-2H3. The Morgan fingerprint density at radius 2 is 1.82 bits per heavy atom. The summed E-state index contributed by atoms with van der Waals surface area (Å²) in [6.07, 6.45) is -0.914. The molecular formula is C31H29Cl2NO5. The summed E-state index contributed by atoms with van der Waals surface area (Å²) < 4.78 is 16.9. The monoisotopic (exact) mass is 565 g/mol. The van der Waals surface area contributed by atoms with Gasteiger partial charge in [0.1, 0.15) is 25.1 Å². The molecule has 4 rings (SSSR count). The Morgan fingerprint density at radius 3 is 2.56 bits per heavy atom. The third-order valence-electron chi connectivity index (χ3n) is 6.00. The fourth-order valence-electron chi connectivity index (χ4n) is 4.28. The molecule has 0 spiro atoms. The topological polar surface area (TPSA) is 65.1 Å². The molecule has 2 amide bonds. The molecule has 0 radical (unpaired) electrons. The largest absolute Gasteiger partial charge is 0.479 e. The first-order valence-corrected chi connectivity index (χ1v) is 13.4. The second-order valence-corrected chi connectivity index (χ2v) is 10.2. The average Bonchev–Trinajstić information content (AvgIpc) is 3.27. The maximum atomic E-state index is 13.6. The van der Waals surface area contributed by atoms with Gasteiger partial charge < -0.3 is 14.2 Å². The molecule has 39 heavy (non-hydrogen) atoms. The quantitative estimate of drug-likeness (QED) is 0.283. The molecule has 6 nitrogen and oxygen atoms in total. The van der Waals surface area contributed by atoms with Gasteiger partial charge in [-0.1, -0.05) is 77.5 Å². The maximum absolute atomic E-state index is 13.6. The predicted octanol–water partition coefficient (Wildman–Crippen LogP) is 6.35. The lowest BCUT2D eigenvalue weighted by molar-refractivity contribution is -0.144. The van der Waals surface area contributed by atoms with Gasteiger partial charge in [-0.3, -0.25) is 4.79 Å². The molecule has 0 aromatic heterocycles. The summed E-state index contributed by atoms with van der Waals surface area (Å²) in [5.74, 6) is 6.14. The first-order valence-electron chi connectivity index (χ1n) is 12.6. The molecular weight excluding hydrogens is 537 g/mol. The Kier molecular flexibility index (Phi) is 9.89. The number of imide groups is 1. The van der Waals surface area contributed by atoms with Crippen LogP contribution in [0.4, 0.5) is 4.79 Å². The van der Waals surface area contributed by atoms with Gasteiger partial charge in [-0.15, -0.1) is 0 Å². The Balaban J connectivity index is 1.44. The SMILES string of the molecule is CC(C)OC(Cc1cccc(C#CCOc2ccc(Cl)cc2Cl)c1)C(=O)N1C(=O)OCC1Cc1ccccc1. The van der Waals surface area contributed by atoms with Crippen LogP contribution >= 0.6 is 23.2 Å². The maximum Gasteiger partial charge on any atom is 0.417 e. The Hall–Kier alpha value is -3.50. The van der Waals surface area contributed by atoms with Crippen LogP contribution in [-0.4, -0.2) is 48.4 Å². The minimum absolute atomic E-state index is 0.142. The third kappa shape index (κ3) is 8.00. The molecule has 0 saturated carbocycles. The van der Waals surface area contributed by atoms with Crippen LogP contribution in [0, 0.1) is 11.8 Å². The minimum atomic E-state index is -0.854. The highest BCUT2D eigenvalue weighted by Gasteiger charge is 2.41. The smallest absolute Gasteiger partial charge is 0.417 e. The van der Waals surface area contributed by atoms with E-state index in [2.05, 4.69) is 11.8 Å². The van der Waals surface area contributed by atoms with Crippen molar-refractivity contribution < 1.29 is 23.8 Å². The van der Waals surface area contributed by atoms with Gasteiger partial charge in [-0.2, -0.15) is 0 Å². The van der Waals surface area contributed by atoms with E-state index in [1.807, 2.05) is 68.4 Å². The van der Waals surface area contributed by atoms with E-state index in [1.165, 1.54) is 4.90 Å². The summed E-state index contributed by atoms with van der Waals surface area (Å²) in [6.45, 7) is 4.02. The summed E-state index contributed by atoms with van der Waals surface area (Å²) in [5.41, 5.74) is 2.64. The van der Waals surface area contributed by atoms with E-state index in [0.717, 1.165) is 16.7 Å². The molecule has 1 saturated heterocycles. The van der Waals surface area contributed by atoms with Crippen LogP contribution in [0.25, 0.3) is 0 Å². The molecule has 3 aromatic rings. The number of carbonyl (C=O) groups is 2. The summed E-state index contributed by atoms with van der Waals surface area (Å²) in [4.78, 5) is 27.4. The molecule has 0 bridgehead atoms. The fraction of sp³-hybridized carbons (Fsp3) is 0.290. The van der Waals surface area contributed by atoms with Crippen molar-refractivity contribution in [2.45, 2.75) is 44.9 Å². The number of halogens is 2. The van der Waals surface area contributed by atoms with Crippen molar-refractivity contribution in [2.24, 2.45) is 0 Å². The zero-order chi connectivity index (χ0) is 27.8. The molecule has 0 N–H and O–H groups in total. The van der Waals surface area contributed by atoms with Crippen molar-refractivity contribution in [1.82, 2.24) is 4.90 Å². The number of hydrogen-bond acceptors (Lipinski definition) is 5. The van der Waals surface area contributed by atoms with Crippen molar-refractivity contribution in [1.29, 1.82) is 0 Å². The first-order chi connectivity index (χ1) is 18.8. The zero-order valence-electron chi connectivity index (χ0n) is 21.7. The molecule has 0 aliphatic carbocycles. The van der Waals surface area contributed by atoms with Gasteiger partial charge in [0.05, 0.1) is 17.2 Å². The second-order valence-electron chi connectivity index (χ2n) is 9.37. The third-order valence-corrected chi connectivity index (χ3v) is 6.53. The summed E-state index contributed by atoms with van der Waals surface area (Å²) >= 11 is 12.0. The van der Waals surface area contributed by atoms with Gasteiger partial charge in [-0.25, -0.2) is 9.69 Å². The van der Waals surface area contributed by atoms with Crippen molar-refractivity contribution in [3.05, 3.63) is 99.5 Å². The highest BCUT2D eigenvalue weighted by atomic mass is 35.5. The Bertz CT molecular complexity index is 1370. The Morgan fingerprint density at radius 1 is 1.05 bits per heavy atom. The lowest BCUT2D eigenvalue weighted by Crippen LogP contribution is -2.47. The summed E-state index contributed by atoms with van der Waals surface area (Å²) in [7, 11) is 0. The predicted molar refractivity (Wildman–Crippen MR) is 151 cm³/mol. The van der Waals surface area contributed by atoms with Crippen LogP contribution in [0.5, 0.6) is 5.75 Å². The van der Waals surface area contributed by atoms with Gasteiger partial charge >= 0.3 is 6.09 Å². The number of ether oxygens (including phenoxy) is 3. The van der Waals surface area contributed by atoms with Gasteiger partial charge in [0.25, 0.3) is 5.91 Å². The van der Waals surface area contributed by atoms with Crippen LogP contribution in [0.1, 0.15) is 30.5 Å². The van der Waals surface area contributed by atoms with Crippen LogP contribution < -0.4 is 4.74 Å². The van der Waals surface area contributed by atoms with Gasteiger partial charge in [0.2, 0.25) is 0 Å². The van der Waals surface area contributed by atoms with Crippen molar-refractivity contribution in [2.75, 3.05) is 13.2 Å². The number of benzene rings is 3. The number of carbonyl (C=O) groups excluding carboxylic acids is 2. The van der Waals surface area contributed by atoms with E-state index in [9.17, 15) is 9.59 Å². The average molecular weight is 566 g/mol. The van der Waals surface area contributed by atoms with E-state index >= 15 is 0 Å². The Labute approximate surface area is 238 Å². The molecule has 1 heterocycles. The fourth-order valence-corrected chi connectivity index (χ4v) is 4.74. The second kappa shape index (κ2) is 13.5. The lowest BCUT2D eigenvalue weighted by atomic mass is 10.0. The summed E-state index contributed by atoms with van der Waals surface area (Å²) in [6, 6.07) is 21.9. The molecule has 1 aliphatic rings. The molecule has 202 valence electrons. The molecule has 2 atom stereocenters. The minimum Gasteiger partial charge on any atom is -0.479 e. The van der Waals surface area contributed by atoms with Gasteiger partial charge in [0.15, 0.2) is 0 Å². The van der Waals surface area contributed by atoms with Crippen LogP contribution in [-0.2, 0) is 27.1 Å². The van der Waals surface area contributed by atoms with Crippen LogP contribution in [0.3, 0.4) is 0 Å². The highest BCUT2D eigenvalue weighted by molar-refractivity contribution is 6.35. The highest BCUT2D eigenvalue weighted by Crippen LogP contribution is 2.27. The van der Waals surface area contributed by atoms with Crippen molar-refractivity contribution in [3.63, 3.8) is 0 Å². The molecule has 1 aliphatic heterocycles. The van der Waals surface area contributed by atoms with E-state index in [4.69, 9.17) is 37.4 Å². The number of amides is 2. The lowest BCUT2D eigenvalue weighted by Gasteiger charge is -2.26. The number of rotatable bonds is 9. The number of hydrogen-bond donors (Lipinski definition) is 0. The van der Waals surface area contributed by atoms with Crippen molar-refractivity contribution in [3.8, 4) is 17.6 Å². The van der Waals surface area contributed by atoms with E-state index in [-0.39, 0.29) is 25.7 Å². The van der Waals surface area contributed by atoms with Gasteiger partial charge in [0, 0.05) is 17.0 Å². The molecule has 2 unspecified atom stereocenters. The van der Waals surface area contributed by atoms with E-state index in [0.29, 0.717) is 22.2 Å². The molecule has 1 fully saturated rings. The number of cyclic esters (lactones) is 1. The van der Waals surface area contributed by atoms with Gasteiger partial charge in [-0.05, 0) is 61.7 Å². The van der Waals surface area contributed by atoms with Crippen LogP contribution in [0.2, 0.25) is 10.0 Å². The first kappa shape index (κ1) is 28.5. The van der Waals surface area contributed by atoms with Crippen LogP contribution in [0.15, 0.2) is 72.8 Å². The van der Waals surface area contributed by atoms with Crippen molar-refractivity contribution >= 4 is 35.2 Å². The van der Waals surface area contributed by atoms with E-state index in [1.54, 1.807) is 18.2 Å². The summed E-state index contributed by atoms with van der Waals surface area (Å²) in [5, 5.41) is 0.946. The normalized spacial score (nSPS) is 15.5. The van der Waals surface area contributed by atoms with E-state index < -0.39 is 24.1 Å². The molecule has 3 aromatic carbocycles.